The Kier molecular flexibility index (Phi) is 16.5. The number of ether oxygens (including phenoxy) is 7. The molecule has 0 bridgehead atoms. The van der Waals surface area contributed by atoms with Gasteiger partial charge in [0.1, 0.15) is 30.5 Å². The molecule has 0 aromatic carbocycles. The lowest BCUT2D eigenvalue weighted by Gasteiger charge is -2.43. The molecule has 0 saturated carbocycles. The van der Waals surface area contributed by atoms with Gasteiger partial charge in [0, 0.05) is 44.1 Å². The van der Waals surface area contributed by atoms with Gasteiger partial charge in [-0.15, -0.1) is 0 Å². The van der Waals surface area contributed by atoms with Crippen LogP contribution < -0.4 is 0 Å². The number of carbonyl (C=O) groups is 2. The van der Waals surface area contributed by atoms with Gasteiger partial charge in [-0.05, 0) is 59.2 Å². The van der Waals surface area contributed by atoms with E-state index in [-0.39, 0.29) is 42.3 Å². The number of rotatable bonds is 9. The third kappa shape index (κ3) is 11.2. The Morgan fingerprint density at radius 3 is 2.18 bits per heavy atom. The zero-order chi connectivity index (χ0) is 36.4. The maximum atomic E-state index is 13.3. The minimum absolute atomic E-state index is 0.0243. The highest BCUT2D eigenvalue weighted by Crippen LogP contribution is 2.32. The predicted octanol–water partition coefficient (Wildman–Crippen LogP) is 3.44. The largest absolute Gasteiger partial charge is 0.459 e. The van der Waals surface area contributed by atoms with Crippen molar-refractivity contribution in [2.75, 3.05) is 34.9 Å². The van der Waals surface area contributed by atoms with Crippen LogP contribution in [0.25, 0.3) is 0 Å². The summed E-state index contributed by atoms with van der Waals surface area (Å²) in [7, 11) is 6.85. The number of aliphatic hydroxyl groups is 2. The molecule has 15 atom stereocenters. The van der Waals surface area contributed by atoms with E-state index in [1.54, 1.807) is 31.2 Å². The molecule has 12 nitrogen and oxygen atoms in total. The summed E-state index contributed by atoms with van der Waals surface area (Å²) in [6.07, 6.45) is 5.21. The lowest BCUT2D eigenvalue weighted by molar-refractivity contribution is -0.304. The van der Waals surface area contributed by atoms with E-state index in [0.717, 1.165) is 0 Å². The molecular weight excluding hydrogens is 634 g/mol. The van der Waals surface area contributed by atoms with E-state index in [1.807, 2.05) is 59.7 Å². The number of aliphatic hydroxyl groups excluding tert-OH is 2. The van der Waals surface area contributed by atoms with E-state index in [1.165, 1.54) is 20.3 Å². The summed E-state index contributed by atoms with van der Waals surface area (Å²) < 4.78 is 41.8. The number of cyclic esters (lactones) is 1. The molecule has 3 heterocycles. The first kappa shape index (κ1) is 41.4. The highest BCUT2D eigenvalue weighted by molar-refractivity contribution is 5.91. The normalized spacial score (nSPS) is 43.6. The fourth-order valence-electron chi connectivity index (χ4n) is 7.05. The molecule has 0 aromatic heterocycles. The van der Waals surface area contributed by atoms with Crippen LogP contribution in [0.5, 0.6) is 0 Å². The SMILES string of the molecule is CCC1OC(=O)/C=C/[C@H](C)C(O[C@@H]2O[C@H](C)C[C@H](N(C)C)[C@H]2O)[C@@H](C)C[C@@H](C)C(=O)/C=C/C=C\[C@@H]1CO[C@@H]1O[C@H](C)[C@@H](O)[C@@H](OC)[C@H]1OC. The quantitative estimate of drug-likeness (QED) is 0.342. The predicted molar refractivity (Wildman–Crippen MR) is 183 cm³/mol. The molecule has 2 saturated heterocycles. The summed E-state index contributed by atoms with van der Waals surface area (Å²) in [6.45, 7) is 11.6. The number of hydrogen-bond acceptors (Lipinski definition) is 12. The molecule has 3 rings (SSSR count). The highest BCUT2D eigenvalue weighted by atomic mass is 16.7. The summed E-state index contributed by atoms with van der Waals surface area (Å²) in [5.74, 6) is -1.62. The second kappa shape index (κ2) is 19.6. The van der Waals surface area contributed by atoms with Crippen LogP contribution in [0.2, 0.25) is 0 Å². The third-order valence-electron chi connectivity index (χ3n) is 10.0. The van der Waals surface area contributed by atoms with Crippen molar-refractivity contribution in [3.63, 3.8) is 0 Å². The van der Waals surface area contributed by atoms with Gasteiger partial charge >= 0.3 is 5.97 Å². The molecule has 0 spiro atoms. The first-order valence-electron chi connectivity index (χ1n) is 17.7. The molecule has 3 aliphatic rings. The second-order valence-corrected chi connectivity index (χ2v) is 14.1. The van der Waals surface area contributed by atoms with Crippen molar-refractivity contribution in [2.45, 2.75) is 128 Å². The Labute approximate surface area is 292 Å². The molecule has 2 N–H and O–H groups in total. The van der Waals surface area contributed by atoms with Gasteiger partial charge in [-0.3, -0.25) is 4.79 Å². The Hall–Kier alpha value is -2.00. The number of nitrogens with zero attached hydrogens (tertiary/aromatic N) is 1. The summed E-state index contributed by atoms with van der Waals surface area (Å²) in [4.78, 5) is 28.4. The van der Waals surface area contributed by atoms with Crippen LogP contribution in [0.1, 0.15) is 60.8 Å². The van der Waals surface area contributed by atoms with Crippen molar-refractivity contribution < 1.29 is 53.0 Å². The average Bonchev–Trinajstić information content (AvgIpc) is 3.06. The summed E-state index contributed by atoms with van der Waals surface area (Å²) in [5.41, 5.74) is 0. The standard InChI is InChI=1S/C37H61NO11/c1-11-29-26(20-45-37-35(44-10)34(43-9)31(41)25(6)47-37)14-12-13-15-28(39)22(3)18-23(4)33(21(2)16-17-30(40)48-29)49-36-32(42)27(38(7)8)19-24(5)46-36/h12-17,21-27,29,31-37,41-42H,11,18-20H2,1-10H3/b14-12-,15-13+,17-16+/t21-,22+,23-,24+,25+,26+,27-,29?,31+,32+,33?,34+,35+,36-,37+/m0/s1. The number of hydrogen-bond donors (Lipinski definition) is 2. The molecule has 12 heteroatoms. The molecular formula is C37H61NO11. The first-order chi connectivity index (χ1) is 23.2. The second-order valence-electron chi connectivity index (χ2n) is 14.1. The van der Waals surface area contributed by atoms with E-state index in [9.17, 15) is 19.8 Å². The van der Waals surface area contributed by atoms with E-state index >= 15 is 0 Å². The summed E-state index contributed by atoms with van der Waals surface area (Å²) >= 11 is 0. The first-order valence-corrected chi connectivity index (χ1v) is 17.7. The number of esters is 1. The van der Waals surface area contributed by atoms with Gasteiger partial charge in [-0.25, -0.2) is 4.79 Å². The Morgan fingerprint density at radius 2 is 1.55 bits per heavy atom. The van der Waals surface area contributed by atoms with E-state index in [0.29, 0.717) is 19.3 Å². The Bertz CT molecular complexity index is 1130. The van der Waals surface area contributed by atoms with Crippen LogP contribution >= 0.6 is 0 Å². The van der Waals surface area contributed by atoms with Gasteiger partial charge in [0.15, 0.2) is 18.4 Å². The third-order valence-corrected chi connectivity index (χ3v) is 10.0. The molecule has 49 heavy (non-hydrogen) atoms. The maximum Gasteiger partial charge on any atom is 0.330 e. The van der Waals surface area contributed by atoms with Crippen LogP contribution in [0.3, 0.4) is 0 Å². The van der Waals surface area contributed by atoms with Crippen LogP contribution in [0.4, 0.5) is 0 Å². The van der Waals surface area contributed by atoms with E-state index in [2.05, 4.69) is 0 Å². The average molecular weight is 696 g/mol. The summed E-state index contributed by atoms with van der Waals surface area (Å²) in [6, 6.07) is -0.140. The van der Waals surface area contributed by atoms with Crippen LogP contribution in [0, 0.1) is 23.7 Å². The number of ketones is 1. The van der Waals surface area contributed by atoms with Gasteiger partial charge in [0.25, 0.3) is 0 Å². The van der Waals surface area contributed by atoms with Crippen molar-refractivity contribution in [2.24, 2.45) is 23.7 Å². The molecule has 0 radical (unpaired) electrons. The lowest BCUT2D eigenvalue weighted by atomic mass is 9.84. The monoisotopic (exact) mass is 695 g/mol. The van der Waals surface area contributed by atoms with E-state index < -0.39 is 67.2 Å². The Morgan fingerprint density at radius 1 is 0.857 bits per heavy atom. The van der Waals surface area contributed by atoms with Gasteiger partial charge in [0.2, 0.25) is 0 Å². The number of methoxy groups -OCH3 is 2. The Balaban J connectivity index is 1.85. The fraction of sp³-hybridized carbons (Fsp3) is 0.784. The van der Waals surface area contributed by atoms with Crippen LogP contribution in [0.15, 0.2) is 36.5 Å². The molecule has 0 amide bonds. The smallest absolute Gasteiger partial charge is 0.330 e. The minimum atomic E-state index is -0.896. The topological polar surface area (TPSA) is 142 Å². The zero-order valence-corrected chi connectivity index (χ0v) is 31.0. The van der Waals surface area contributed by atoms with Gasteiger partial charge in [-0.2, -0.15) is 0 Å². The van der Waals surface area contributed by atoms with Crippen LogP contribution in [-0.4, -0.2) is 129 Å². The maximum absolute atomic E-state index is 13.3. The van der Waals surface area contributed by atoms with Crippen molar-refractivity contribution >= 4 is 11.8 Å². The van der Waals surface area contributed by atoms with Crippen molar-refractivity contribution in [3.05, 3.63) is 36.5 Å². The highest BCUT2D eigenvalue weighted by Gasteiger charge is 2.45. The van der Waals surface area contributed by atoms with Crippen molar-refractivity contribution in [1.29, 1.82) is 0 Å². The summed E-state index contributed by atoms with van der Waals surface area (Å²) in [5, 5.41) is 21.7. The van der Waals surface area contributed by atoms with Gasteiger partial charge in [0.05, 0.1) is 24.9 Å². The van der Waals surface area contributed by atoms with Crippen molar-refractivity contribution in [1.82, 2.24) is 4.90 Å². The number of likely N-dealkylation sites (N-methyl/N-ethyl adjacent to an activating group) is 1. The van der Waals surface area contributed by atoms with Gasteiger partial charge in [-0.1, -0.05) is 52.0 Å². The molecule has 3 aliphatic heterocycles. The minimum Gasteiger partial charge on any atom is -0.459 e. The molecule has 2 fully saturated rings. The molecule has 0 aliphatic carbocycles. The molecule has 2 unspecified atom stereocenters. The lowest BCUT2D eigenvalue weighted by Crippen LogP contribution is -2.59. The zero-order valence-electron chi connectivity index (χ0n) is 31.0. The van der Waals surface area contributed by atoms with Crippen molar-refractivity contribution in [3.8, 4) is 0 Å². The van der Waals surface area contributed by atoms with Crippen LogP contribution in [-0.2, 0) is 42.7 Å². The number of carbonyl (C=O) groups excluding carboxylic acids is 2. The fourth-order valence-corrected chi connectivity index (χ4v) is 7.05. The van der Waals surface area contributed by atoms with E-state index in [4.69, 9.17) is 33.2 Å². The number of allylic oxidation sites excluding steroid dienone is 3. The molecule has 280 valence electrons. The van der Waals surface area contributed by atoms with Gasteiger partial charge < -0.3 is 48.3 Å². The molecule has 0 aromatic rings.